The highest BCUT2D eigenvalue weighted by Crippen LogP contribution is 2.39. The topological polar surface area (TPSA) is 48.4 Å². The maximum Gasteiger partial charge on any atom is 0.353 e. The van der Waals surface area contributed by atoms with E-state index in [9.17, 15) is 4.79 Å². The molecule has 0 aliphatic heterocycles. The van der Waals surface area contributed by atoms with Crippen molar-refractivity contribution in [1.82, 2.24) is 4.98 Å². The van der Waals surface area contributed by atoms with Crippen LogP contribution < -0.4 is 4.74 Å². The summed E-state index contributed by atoms with van der Waals surface area (Å²) >= 11 is 2.33. The van der Waals surface area contributed by atoms with E-state index in [4.69, 9.17) is 9.47 Å². The van der Waals surface area contributed by atoms with Gasteiger partial charge in [0, 0.05) is 15.2 Å². The molecule has 5 heteroatoms. The number of carbonyl (C=O) groups is 1. The fourth-order valence-electron chi connectivity index (χ4n) is 3.51. The lowest BCUT2D eigenvalue weighted by Gasteiger charge is -2.35. The Morgan fingerprint density at radius 1 is 0.967 bits per heavy atom. The number of methoxy groups -OCH3 is 1. The molecule has 0 bridgehead atoms. The summed E-state index contributed by atoms with van der Waals surface area (Å²) in [7, 11) is 1.35. The van der Waals surface area contributed by atoms with Crippen LogP contribution in [0.15, 0.2) is 72.9 Å². The lowest BCUT2D eigenvalue weighted by molar-refractivity contribution is -0.149. The van der Waals surface area contributed by atoms with Gasteiger partial charge in [0.05, 0.1) is 12.8 Å². The minimum Gasteiger partial charge on any atom is -0.472 e. The van der Waals surface area contributed by atoms with Crippen LogP contribution in [0.1, 0.15) is 43.7 Å². The lowest BCUT2D eigenvalue weighted by Crippen LogP contribution is -2.30. The number of pyridine rings is 1. The Labute approximate surface area is 191 Å². The molecule has 0 aliphatic carbocycles. The standard InChI is InChI=1S/C25H26INO3/c1-17(2)25(3,18-8-12-20(26)13-9-18)19-10-14-21(15-11-19)30-23(24(28)29-4)22-7-5-6-16-27-22/h5-17,23H,1-4H3/t23-,25-/m0/s1. The summed E-state index contributed by atoms with van der Waals surface area (Å²) in [5.41, 5.74) is 2.83. The van der Waals surface area contributed by atoms with Crippen molar-refractivity contribution in [2.75, 3.05) is 7.11 Å². The second kappa shape index (κ2) is 9.60. The molecule has 0 saturated heterocycles. The van der Waals surface area contributed by atoms with Gasteiger partial charge in [-0.25, -0.2) is 4.79 Å². The van der Waals surface area contributed by atoms with Crippen molar-refractivity contribution >= 4 is 28.6 Å². The van der Waals surface area contributed by atoms with Gasteiger partial charge < -0.3 is 9.47 Å². The first kappa shape index (κ1) is 22.3. The molecule has 0 amide bonds. The summed E-state index contributed by atoms with van der Waals surface area (Å²) in [6.07, 6.45) is 0.724. The molecule has 0 N–H and O–H groups in total. The van der Waals surface area contributed by atoms with Crippen molar-refractivity contribution in [3.05, 3.63) is 93.3 Å². The van der Waals surface area contributed by atoms with E-state index in [0.29, 0.717) is 17.4 Å². The number of esters is 1. The summed E-state index contributed by atoms with van der Waals surface area (Å²) in [4.78, 5) is 16.5. The van der Waals surface area contributed by atoms with Crippen LogP contribution in [0.2, 0.25) is 0 Å². The second-order valence-corrected chi connectivity index (χ2v) is 8.91. The van der Waals surface area contributed by atoms with Gasteiger partial charge in [-0.3, -0.25) is 4.98 Å². The van der Waals surface area contributed by atoms with Crippen molar-refractivity contribution in [3.8, 4) is 5.75 Å². The van der Waals surface area contributed by atoms with E-state index in [-0.39, 0.29) is 5.41 Å². The van der Waals surface area contributed by atoms with E-state index in [1.807, 2.05) is 18.2 Å². The highest BCUT2D eigenvalue weighted by atomic mass is 127. The number of rotatable bonds is 7. The molecule has 0 unspecified atom stereocenters. The van der Waals surface area contributed by atoms with Crippen molar-refractivity contribution in [1.29, 1.82) is 0 Å². The largest absolute Gasteiger partial charge is 0.472 e. The zero-order valence-corrected chi connectivity index (χ0v) is 19.8. The predicted molar refractivity (Wildman–Crippen MR) is 127 cm³/mol. The number of benzene rings is 2. The van der Waals surface area contributed by atoms with Gasteiger partial charge in [0.2, 0.25) is 6.10 Å². The van der Waals surface area contributed by atoms with Crippen LogP contribution >= 0.6 is 22.6 Å². The molecule has 156 valence electrons. The Morgan fingerprint density at radius 3 is 2.07 bits per heavy atom. The number of carbonyl (C=O) groups excluding carboxylic acids is 1. The molecule has 0 aliphatic rings. The first-order valence-corrected chi connectivity index (χ1v) is 11.0. The molecule has 4 nitrogen and oxygen atoms in total. The third-order valence-electron chi connectivity index (χ3n) is 5.68. The zero-order valence-electron chi connectivity index (χ0n) is 17.6. The number of hydrogen-bond donors (Lipinski definition) is 0. The Kier molecular flexibility index (Phi) is 7.13. The minimum atomic E-state index is -0.908. The number of halogens is 1. The van der Waals surface area contributed by atoms with Crippen LogP contribution in [-0.2, 0) is 14.9 Å². The van der Waals surface area contributed by atoms with Gasteiger partial charge in [-0.05, 0) is 76.0 Å². The van der Waals surface area contributed by atoms with Crippen molar-refractivity contribution in [3.63, 3.8) is 0 Å². The summed E-state index contributed by atoms with van der Waals surface area (Å²) in [5.74, 6) is 0.498. The van der Waals surface area contributed by atoms with Crippen LogP contribution in [0.25, 0.3) is 0 Å². The first-order chi connectivity index (χ1) is 14.4. The highest BCUT2D eigenvalue weighted by Gasteiger charge is 2.33. The number of hydrogen-bond acceptors (Lipinski definition) is 4. The first-order valence-electron chi connectivity index (χ1n) is 9.88. The van der Waals surface area contributed by atoms with Gasteiger partial charge >= 0.3 is 5.97 Å². The number of ether oxygens (including phenoxy) is 2. The molecule has 1 heterocycles. The van der Waals surface area contributed by atoms with Gasteiger partial charge in [-0.15, -0.1) is 0 Å². The third-order valence-corrected chi connectivity index (χ3v) is 6.40. The van der Waals surface area contributed by atoms with Gasteiger partial charge in [0.15, 0.2) is 0 Å². The number of nitrogens with zero attached hydrogens (tertiary/aromatic N) is 1. The Morgan fingerprint density at radius 2 is 1.57 bits per heavy atom. The van der Waals surface area contributed by atoms with E-state index in [0.717, 1.165) is 0 Å². The smallest absolute Gasteiger partial charge is 0.353 e. The molecule has 2 aromatic carbocycles. The normalized spacial score (nSPS) is 14.1. The Balaban J connectivity index is 1.90. The van der Waals surface area contributed by atoms with Crippen LogP contribution in [0.4, 0.5) is 0 Å². The van der Waals surface area contributed by atoms with Crippen molar-refractivity contribution < 1.29 is 14.3 Å². The monoisotopic (exact) mass is 515 g/mol. The Bertz CT molecular complexity index is 972. The average molecular weight is 515 g/mol. The SMILES string of the molecule is COC(=O)[C@@H](Oc1ccc([C@](C)(c2ccc(I)cc2)C(C)C)cc1)c1ccccn1. The van der Waals surface area contributed by atoms with Crippen LogP contribution in [0.5, 0.6) is 5.75 Å². The summed E-state index contributed by atoms with van der Waals surface area (Å²) in [6.45, 7) is 6.73. The highest BCUT2D eigenvalue weighted by molar-refractivity contribution is 14.1. The van der Waals surface area contributed by atoms with Gasteiger partial charge in [0.25, 0.3) is 0 Å². The van der Waals surface area contributed by atoms with Crippen LogP contribution in [-0.4, -0.2) is 18.1 Å². The fraction of sp³-hybridized carbons (Fsp3) is 0.280. The third kappa shape index (κ3) is 4.67. The molecule has 3 aromatic rings. The maximum absolute atomic E-state index is 12.3. The van der Waals surface area contributed by atoms with Crippen LogP contribution in [0.3, 0.4) is 0 Å². The van der Waals surface area contributed by atoms with Crippen molar-refractivity contribution in [2.45, 2.75) is 32.3 Å². The minimum absolute atomic E-state index is 0.147. The van der Waals surface area contributed by atoms with E-state index in [1.54, 1.807) is 18.3 Å². The Hall–Kier alpha value is -2.41. The van der Waals surface area contributed by atoms with Gasteiger partial charge in [-0.1, -0.05) is 51.1 Å². The fourth-order valence-corrected chi connectivity index (χ4v) is 3.87. The molecule has 30 heavy (non-hydrogen) atoms. The predicted octanol–water partition coefficient (Wildman–Crippen LogP) is 5.94. The average Bonchev–Trinajstić information content (AvgIpc) is 2.77. The molecule has 2 atom stereocenters. The molecular weight excluding hydrogens is 489 g/mol. The van der Waals surface area contributed by atoms with Gasteiger partial charge in [0.1, 0.15) is 5.75 Å². The number of aromatic nitrogens is 1. The quantitative estimate of drug-likeness (QED) is 0.289. The van der Waals surface area contributed by atoms with E-state index in [1.165, 1.54) is 21.8 Å². The summed E-state index contributed by atoms with van der Waals surface area (Å²) in [6, 6.07) is 22.0. The molecule has 0 radical (unpaired) electrons. The lowest BCUT2D eigenvalue weighted by atomic mass is 9.68. The maximum atomic E-state index is 12.3. The van der Waals surface area contributed by atoms with E-state index in [2.05, 4.69) is 84.7 Å². The van der Waals surface area contributed by atoms with Crippen LogP contribution in [0, 0.1) is 9.49 Å². The van der Waals surface area contributed by atoms with Crippen molar-refractivity contribution in [2.24, 2.45) is 5.92 Å². The zero-order chi connectivity index (χ0) is 21.7. The summed E-state index contributed by atoms with van der Waals surface area (Å²) < 4.78 is 12.1. The molecule has 3 rings (SSSR count). The summed E-state index contributed by atoms with van der Waals surface area (Å²) in [5, 5.41) is 0. The molecule has 0 saturated carbocycles. The van der Waals surface area contributed by atoms with E-state index >= 15 is 0 Å². The van der Waals surface area contributed by atoms with E-state index < -0.39 is 12.1 Å². The molecule has 0 fully saturated rings. The second-order valence-electron chi connectivity index (χ2n) is 7.66. The molecule has 0 spiro atoms. The molecular formula is C25H26INO3. The van der Waals surface area contributed by atoms with Gasteiger partial charge in [-0.2, -0.15) is 0 Å². The molecule has 1 aromatic heterocycles.